The van der Waals surface area contributed by atoms with Gasteiger partial charge in [0.15, 0.2) is 0 Å². The van der Waals surface area contributed by atoms with Gasteiger partial charge in [0.2, 0.25) is 10.0 Å². The smallest absolute Gasteiger partial charge is 0.247 e. The Labute approximate surface area is 190 Å². The molecule has 0 saturated heterocycles. The maximum atomic E-state index is 13.4. The van der Waals surface area contributed by atoms with E-state index in [1.54, 1.807) is 26.2 Å². The fourth-order valence-corrected chi connectivity index (χ4v) is 5.46. The molecule has 3 atom stereocenters. The second-order valence-corrected chi connectivity index (χ2v) is 9.77. The van der Waals surface area contributed by atoms with E-state index < -0.39 is 16.1 Å². The number of nitrogens with zero attached hydrogens (tertiary/aromatic N) is 1. The Morgan fingerprint density at radius 2 is 2.03 bits per heavy atom. The first-order valence-corrected chi connectivity index (χ1v) is 12.0. The summed E-state index contributed by atoms with van der Waals surface area (Å²) in [5.41, 5.74) is 1.36. The molecular weight excluding hydrogens is 428 g/mol. The normalized spacial score (nSPS) is 21.2. The molecule has 0 amide bonds. The molecule has 8 heteroatoms. The molecule has 172 valence electrons. The molecule has 0 radical (unpaired) electrons. The Bertz CT molecular complexity index is 1110. The number of hydrogen-bond acceptors (Lipinski definition) is 6. The van der Waals surface area contributed by atoms with Crippen LogP contribution in [0.4, 0.5) is 0 Å². The van der Waals surface area contributed by atoms with Gasteiger partial charge in [-0.2, -0.15) is 4.31 Å². The molecule has 0 spiro atoms. The molecule has 3 rings (SSSR count). The fraction of sp³-hybridized carbons (Fsp3) is 0.417. The number of ether oxygens (including phenoxy) is 2. The predicted octanol–water partition coefficient (Wildman–Crippen LogP) is 2.08. The zero-order chi connectivity index (χ0) is 23.3. The van der Waals surface area contributed by atoms with Gasteiger partial charge in [-0.3, -0.25) is 0 Å². The van der Waals surface area contributed by atoms with Crippen molar-refractivity contribution in [2.24, 2.45) is 5.92 Å². The number of methoxy groups -OCH3 is 1. The van der Waals surface area contributed by atoms with Crippen molar-refractivity contribution in [3.8, 4) is 23.3 Å². The SMILES string of the molecule is CNC[C@H]1Oc2cc(C#Cc3ccccc3OC)ccc2S(=O)(=O)N([C@@H](C)CO)C[C@@H]1C. The van der Waals surface area contributed by atoms with Crippen molar-refractivity contribution in [1.82, 2.24) is 9.62 Å². The highest BCUT2D eigenvalue weighted by Crippen LogP contribution is 2.34. The standard InChI is InChI=1S/C24H30N2O5S/c1-17-15-26(18(2)16-27)32(28,29)24-12-10-19(13-22(24)31-23(17)14-25-3)9-11-20-7-5-6-8-21(20)30-4/h5-8,10,12-13,17-18,23,25,27H,14-16H2,1-4H3/t17-,18-,23+/m0/s1. The third-order valence-electron chi connectivity index (χ3n) is 5.52. The molecule has 32 heavy (non-hydrogen) atoms. The second-order valence-electron chi connectivity index (χ2n) is 7.91. The van der Waals surface area contributed by atoms with Crippen LogP contribution in [0.2, 0.25) is 0 Å². The van der Waals surface area contributed by atoms with Crippen molar-refractivity contribution in [2.75, 3.05) is 33.9 Å². The average molecular weight is 459 g/mol. The summed E-state index contributed by atoms with van der Waals surface area (Å²) in [6.45, 7) is 4.20. The molecule has 1 aliphatic heterocycles. The minimum Gasteiger partial charge on any atom is -0.495 e. The first-order chi connectivity index (χ1) is 15.3. The lowest BCUT2D eigenvalue weighted by Gasteiger charge is -2.36. The largest absolute Gasteiger partial charge is 0.495 e. The first kappa shape index (κ1) is 24.1. The molecule has 0 saturated carbocycles. The Hall–Kier alpha value is -2.57. The number of nitrogens with one attached hydrogen (secondary N) is 1. The number of aliphatic hydroxyl groups is 1. The third-order valence-corrected chi connectivity index (χ3v) is 7.54. The topological polar surface area (TPSA) is 88.1 Å². The van der Waals surface area contributed by atoms with Gasteiger partial charge in [-0.15, -0.1) is 0 Å². The van der Waals surface area contributed by atoms with Gasteiger partial charge in [0.25, 0.3) is 0 Å². The third kappa shape index (κ3) is 5.08. The molecule has 7 nitrogen and oxygen atoms in total. The summed E-state index contributed by atoms with van der Waals surface area (Å²) in [5, 5.41) is 12.8. The highest BCUT2D eigenvalue weighted by Gasteiger charge is 2.37. The van der Waals surface area contributed by atoms with Crippen molar-refractivity contribution < 1.29 is 23.0 Å². The summed E-state index contributed by atoms with van der Waals surface area (Å²) in [7, 11) is -0.441. The highest BCUT2D eigenvalue weighted by molar-refractivity contribution is 7.89. The number of hydrogen-bond donors (Lipinski definition) is 2. The minimum atomic E-state index is -3.86. The summed E-state index contributed by atoms with van der Waals surface area (Å²) < 4.78 is 39.8. The van der Waals surface area contributed by atoms with Gasteiger partial charge in [0, 0.05) is 30.6 Å². The van der Waals surface area contributed by atoms with Crippen LogP contribution in [0.25, 0.3) is 0 Å². The maximum absolute atomic E-state index is 13.4. The molecule has 0 bridgehead atoms. The number of benzene rings is 2. The van der Waals surface area contributed by atoms with E-state index in [2.05, 4.69) is 17.2 Å². The van der Waals surface area contributed by atoms with Crippen LogP contribution in [0.1, 0.15) is 25.0 Å². The van der Waals surface area contributed by atoms with Gasteiger partial charge in [-0.1, -0.05) is 30.9 Å². The van der Waals surface area contributed by atoms with Crippen LogP contribution >= 0.6 is 0 Å². The summed E-state index contributed by atoms with van der Waals surface area (Å²) in [5.74, 6) is 7.00. The predicted molar refractivity (Wildman–Crippen MR) is 123 cm³/mol. The van der Waals surface area contributed by atoms with E-state index in [4.69, 9.17) is 9.47 Å². The van der Waals surface area contributed by atoms with Gasteiger partial charge in [0.05, 0.1) is 19.3 Å². The van der Waals surface area contributed by atoms with E-state index >= 15 is 0 Å². The van der Waals surface area contributed by atoms with Crippen molar-refractivity contribution in [1.29, 1.82) is 0 Å². The molecule has 2 aromatic rings. The number of para-hydroxylation sites is 1. The lowest BCUT2D eigenvalue weighted by atomic mass is 10.0. The van der Waals surface area contributed by atoms with Crippen LogP contribution in [0, 0.1) is 17.8 Å². The maximum Gasteiger partial charge on any atom is 0.247 e. The number of fused-ring (bicyclic) bond motifs is 1. The Morgan fingerprint density at radius 3 is 2.72 bits per heavy atom. The van der Waals surface area contributed by atoms with Crippen LogP contribution in [0.5, 0.6) is 11.5 Å². The summed E-state index contributed by atoms with van der Waals surface area (Å²) >= 11 is 0. The Kier molecular flexibility index (Phi) is 7.80. The van der Waals surface area contributed by atoms with Crippen LogP contribution < -0.4 is 14.8 Å². The van der Waals surface area contributed by atoms with Crippen LogP contribution in [-0.4, -0.2) is 63.8 Å². The van der Waals surface area contributed by atoms with Gasteiger partial charge < -0.3 is 19.9 Å². The van der Waals surface area contributed by atoms with Crippen LogP contribution in [0.15, 0.2) is 47.4 Å². The molecule has 0 aliphatic carbocycles. The molecule has 1 heterocycles. The van der Waals surface area contributed by atoms with Crippen molar-refractivity contribution in [2.45, 2.75) is 30.9 Å². The lowest BCUT2D eigenvalue weighted by molar-refractivity contribution is 0.103. The van der Waals surface area contributed by atoms with E-state index in [0.717, 1.165) is 5.56 Å². The quantitative estimate of drug-likeness (QED) is 0.667. The highest BCUT2D eigenvalue weighted by atomic mass is 32.2. The number of likely N-dealkylation sites (N-methyl/N-ethyl adjacent to an activating group) is 1. The van der Waals surface area contributed by atoms with E-state index in [1.807, 2.05) is 38.2 Å². The zero-order valence-electron chi connectivity index (χ0n) is 18.8. The minimum absolute atomic E-state index is 0.0774. The van der Waals surface area contributed by atoms with Crippen LogP contribution in [-0.2, 0) is 10.0 Å². The monoisotopic (exact) mass is 458 g/mol. The Balaban J connectivity index is 2.08. The molecule has 1 aliphatic rings. The van der Waals surface area contributed by atoms with Gasteiger partial charge >= 0.3 is 0 Å². The summed E-state index contributed by atoms with van der Waals surface area (Å²) in [6, 6.07) is 11.8. The van der Waals surface area contributed by atoms with Crippen molar-refractivity contribution >= 4 is 10.0 Å². The first-order valence-electron chi connectivity index (χ1n) is 10.5. The van der Waals surface area contributed by atoms with Gasteiger partial charge in [-0.25, -0.2) is 8.42 Å². The zero-order valence-corrected chi connectivity index (χ0v) is 19.6. The molecule has 2 N–H and O–H groups in total. The molecular formula is C24H30N2O5S. The van der Waals surface area contributed by atoms with Crippen molar-refractivity contribution in [3.63, 3.8) is 0 Å². The molecule has 0 fully saturated rings. The number of sulfonamides is 1. The Morgan fingerprint density at radius 1 is 1.28 bits per heavy atom. The van der Waals surface area contributed by atoms with E-state index in [-0.39, 0.29) is 35.8 Å². The van der Waals surface area contributed by atoms with E-state index in [0.29, 0.717) is 17.9 Å². The summed E-state index contributed by atoms with van der Waals surface area (Å²) in [4.78, 5) is 0.0774. The molecule has 0 unspecified atom stereocenters. The molecule has 0 aromatic heterocycles. The number of rotatable bonds is 5. The van der Waals surface area contributed by atoms with E-state index in [9.17, 15) is 13.5 Å². The fourth-order valence-electron chi connectivity index (χ4n) is 3.64. The average Bonchev–Trinajstić information content (AvgIpc) is 2.79. The van der Waals surface area contributed by atoms with Gasteiger partial charge in [0.1, 0.15) is 22.5 Å². The van der Waals surface area contributed by atoms with Crippen LogP contribution in [0.3, 0.4) is 0 Å². The lowest BCUT2D eigenvalue weighted by Crippen LogP contribution is -2.49. The van der Waals surface area contributed by atoms with Crippen molar-refractivity contribution in [3.05, 3.63) is 53.6 Å². The number of aliphatic hydroxyl groups excluding tert-OH is 1. The molecule has 2 aromatic carbocycles. The van der Waals surface area contributed by atoms with Gasteiger partial charge in [-0.05, 0) is 44.3 Å². The second kappa shape index (κ2) is 10.4. The van der Waals surface area contributed by atoms with E-state index in [1.165, 1.54) is 10.4 Å². The summed E-state index contributed by atoms with van der Waals surface area (Å²) in [6.07, 6.45) is -0.250.